The fourth-order valence-corrected chi connectivity index (χ4v) is 4.54. The molecule has 86 valence electrons. The molecule has 0 amide bonds. The van der Waals surface area contributed by atoms with Crippen LogP contribution >= 0.6 is 27.7 Å². The molecule has 0 saturated carbocycles. The minimum atomic E-state index is -0.856. The lowest BCUT2D eigenvalue weighted by molar-refractivity contribution is 0.0133. The topological polar surface area (TPSA) is 9.23 Å². The van der Waals surface area contributed by atoms with Gasteiger partial charge in [-0.25, -0.2) is 4.39 Å². The van der Waals surface area contributed by atoms with Crippen molar-refractivity contribution < 1.29 is 9.13 Å². The molecule has 2 aliphatic rings. The van der Waals surface area contributed by atoms with Gasteiger partial charge in [0.05, 0.1) is 11.4 Å². The van der Waals surface area contributed by atoms with Gasteiger partial charge in [0.15, 0.2) is 0 Å². The van der Waals surface area contributed by atoms with Crippen LogP contribution in [0.5, 0.6) is 0 Å². The van der Waals surface area contributed by atoms with Crippen molar-refractivity contribution in [2.24, 2.45) is 0 Å². The summed E-state index contributed by atoms with van der Waals surface area (Å²) in [5.41, 5.74) is 1.26. The van der Waals surface area contributed by atoms with Gasteiger partial charge in [-0.2, -0.15) is 0 Å². The van der Waals surface area contributed by atoms with Crippen molar-refractivity contribution >= 4 is 27.7 Å². The fourth-order valence-electron chi connectivity index (χ4n) is 2.41. The van der Waals surface area contributed by atoms with Gasteiger partial charge in [-0.3, -0.25) is 0 Å². The molecule has 3 rings (SSSR count). The van der Waals surface area contributed by atoms with E-state index in [-0.39, 0.29) is 11.4 Å². The van der Waals surface area contributed by atoms with Gasteiger partial charge < -0.3 is 4.74 Å². The van der Waals surface area contributed by atoms with Crippen LogP contribution in [0.15, 0.2) is 27.6 Å². The molecule has 0 radical (unpaired) electrons. The van der Waals surface area contributed by atoms with Gasteiger partial charge in [0.1, 0.15) is 6.17 Å². The van der Waals surface area contributed by atoms with Crippen molar-refractivity contribution in [2.45, 2.75) is 28.7 Å². The lowest BCUT2D eigenvalue weighted by atomic mass is 9.90. The predicted molar refractivity (Wildman–Crippen MR) is 66.8 cm³/mol. The Morgan fingerprint density at radius 1 is 1.50 bits per heavy atom. The molecule has 0 aliphatic carbocycles. The van der Waals surface area contributed by atoms with E-state index in [0.29, 0.717) is 6.61 Å². The highest BCUT2D eigenvalue weighted by Gasteiger charge is 2.47. The highest BCUT2D eigenvalue weighted by Crippen LogP contribution is 2.52. The fraction of sp³-hybridized carbons (Fsp3) is 0.500. The summed E-state index contributed by atoms with van der Waals surface area (Å²) in [4.78, 5) is 1.22. The van der Waals surface area contributed by atoms with E-state index in [9.17, 15) is 4.39 Å². The zero-order valence-corrected chi connectivity index (χ0v) is 11.1. The third-order valence-corrected chi connectivity index (χ3v) is 5.73. The van der Waals surface area contributed by atoms with Crippen LogP contribution in [-0.4, -0.2) is 24.1 Å². The van der Waals surface area contributed by atoms with E-state index < -0.39 is 6.17 Å². The molecule has 1 nitrogen and oxygen atoms in total. The number of hydrogen-bond acceptors (Lipinski definition) is 2. The van der Waals surface area contributed by atoms with Gasteiger partial charge >= 0.3 is 0 Å². The molecule has 16 heavy (non-hydrogen) atoms. The molecule has 4 heteroatoms. The molecule has 1 aromatic carbocycles. The Kier molecular flexibility index (Phi) is 2.76. The lowest BCUT2D eigenvalue weighted by Gasteiger charge is -2.35. The van der Waals surface area contributed by atoms with Gasteiger partial charge in [-0.1, -0.05) is 22.0 Å². The maximum absolute atomic E-state index is 14.1. The number of rotatable bonds is 0. The van der Waals surface area contributed by atoms with Gasteiger partial charge in [-0.15, -0.1) is 11.8 Å². The molecule has 0 N–H and O–H groups in total. The van der Waals surface area contributed by atoms with Crippen molar-refractivity contribution in [3.8, 4) is 0 Å². The average Bonchev–Trinajstić information content (AvgIpc) is 2.64. The van der Waals surface area contributed by atoms with Crippen molar-refractivity contribution in [3.63, 3.8) is 0 Å². The van der Waals surface area contributed by atoms with E-state index in [1.807, 2.05) is 12.1 Å². The van der Waals surface area contributed by atoms with Gasteiger partial charge in [0, 0.05) is 16.0 Å². The SMILES string of the molecule is FC1COCCC12Cc1c(Br)cccc1S2. The number of hydrogen-bond donors (Lipinski definition) is 0. The van der Waals surface area contributed by atoms with E-state index in [2.05, 4.69) is 22.0 Å². The third kappa shape index (κ3) is 1.62. The number of benzene rings is 1. The molecule has 2 atom stereocenters. The number of thioether (sulfide) groups is 1. The molecule has 2 aliphatic heterocycles. The minimum absolute atomic E-state index is 0.249. The van der Waals surface area contributed by atoms with Crippen LogP contribution in [0.1, 0.15) is 12.0 Å². The van der Waals surface area contributed by atoms with Crippen LogP contribution in [-0.2, 0) is 11.2 Å². The summed E-state index contributed by atoms with van der Waals surface area (Å²) in [5, 5.41) is 0. The van der Waals surface area contributed by atoms with Crippen LogP contribution in [0.4, 0.5) is 4.39 Å². The normalized spacial score (nSPS) is 33.0. The maximum atomic E-state index is 14.1. The summed E-state index contributed by atoms with van der Waals surface area (Å²) in [5.74, 6) is 0. The zero-order valence-electron chi connectivity index (χ0n) is 8.71. The highest BCUT2D eigenvalue weighted by molar-refractivity contribution is 9.10. The molecule has 0 bridgehead atoms. The van der Waals surface area contributed by atoms with Crippen LogP contribution < -0.4 is 0 Å². The Labute approximate surface area is 107 Å². The third-order valence-electron chi connectivity index (χ3n) is 3.37. The summed E-state index contributed by atoms with van der Waals surface area (Å²) < 4.78 is 20.1. The minimum Gasteiger partial charge on any atom is -0.378 e. The molecular formula is C12H12BrFOS. The van der Waals surface area contributed by atoms with Crippen LogP contribution in [0.3, 0.4) is 0 Å². The van der Waals surface area contributed by atoms with Crippen LogP contribution in [0, 0.1) is 0 Å². The van der Waals surface area contributed by atoms with Gasteiger partial charge in [-0.05, 0) is 30.5 Å². The standard InChI is InChI=1S/C12H12BrFOS/c13-9-2-1-3-10-8(9)6-12(16-10)4-5-15-7-11(12)14/h1-3,11H,4-7H2. The molecule has 1 saturated heterocycles. The van der Waals surface area contributed by atoms with E-state index in [1.54, 1.807) is 11.8 Å². The second kappa shape index (κ2) is 4.00. The molecule has 0 aromatic heterocycles. The highest BCUT2D eigenvalue weighted by atomic mass is 79.9. The number of ether oxygens (including phenoxy) is 1. The van der Waals surface area contributed by atoms with Crippen LogP contribution in [0.25, 0.3) is 0 Å². The second-order valence-corrected chi connectivity index (χ2v) is 6.66. The summed E-state index contributed by atoms with van der Waals surface area (Å²) in [6, 6.07) is 6.13. The van der Waals surface area contributed by atoms with Crippen molar-refractivity contribution in [1.82, 2.24) is 0 Å². The molecule has 2 unspecified atom stereocenters. The number of alkyl halides is 1. The maximum Gasteiger partial charge on any atom is 0.139 e. The summed E-state index contributed by atoms with van der Waals surface area (Å²) >= 11 is 5.25. The number of halogens is 2. The lowest BCUT2D eigenvalue weighted by Crippen LogP contribution is -2.44. The largest absolute Gasteiger partial charge is 0.378 e. The predicted octanol–water partition coefficient (Wildman–Crippen LogP) is 3.59. The summed E-state index contributed by atoms with van der Waals surface area (Å²) in [6.07, 6.45) is 0.768. The first kappa shape index (κ1) is 11.1. The van der Waals surface area contributed by atoms with Crippen molar-refractivity contribution in [3.05, 3.63) is 28.2 Å². The average molecular weight is 303 g/mol. The van der Waals surface area contributed by atoms with Gasteiger partial charge in [0.2, 0.25) is 0 Å². The van der Waals surface area contributed by atoms with Crippen molar-refractivity contribution in [1.29, 1.82) is 0 Å². The van der Waals surface area contributed by atoms with Gasteiger partial charge in [0.25, 0.3) is 0 Å². The smallest absolute Gasteiger partial charge is 0.139 e. The second-order valence-electron chi connectivity index (χ2n) is 4.35. The Balaban J connectivity index is 1.97. The molecule has 1 aromatic rings. The summed E-state index contributed by atoms with van der Waals surface area (Å²) in [7, 11) is 0. The molecule has 1 fully saturated rings. The zero-order chi connectivity index (χ0) is 11.2. The number of fused-ring (bicyclic) bond motifs is 1. The van der Waals surface area contributed by atoms with Crippen molar-refractivity contribution in [2.75, 3.05) is 13.2 Å². The molecule has 2 heterocycles. The van der Waals surface area contributed by atoms with E-state index >= 15 is 0 Å². The Bertz CT molecular complexity index is 425. The van der Waals surface area contributed by atoms with Crippen LogP contribution in [0.2, 0.25) is 0 Å². The first-order valence-corrected chi connectivity index (χ1v) is 7.00. The Hall–Kier alpha value is -0.0600. The first-order valence-electron chi connectivity index (χ1n) is 5.39. The first-order chi connectivity index (χ1) is 7.71. The Morgan fingerprint density at radius 2 is 2.38 bits per heavy atom. The van der Waals surface area contributed by atoms with E-state index in [0.717, 1.165) is 17.3 Å². The molecule has 1 spiro atoms. The van der Waals surface area contributed by atoms with E-state index in [1.165, 1.54) is 10.5 Å². The Morgan fingerprint density at radius 3 is 3.12 bits per heavy atom. The molecular weight excluding hydrogens is 291 g/mol. The monoisotopic (exact) mass is 302 g/mol. The quantitative estimate of drug-likeness (QED) is 0.724. The summed E-state index contributed by atoms with van der Waals surface area (Å²) in [6.45, 7) is 0.928. The van der Waals surface area contributed by atoms with E-state index in [4.69, 9.17) is 4.74 Å².